The van der Waals surface area contributed by atoms with Gasteiger partial charge in [-0.1, -0.05) is 0 Å². The van der Waals surface area contributed by atoms with Crippen molar-refractivity contribution in [3.8, 4) is 10.7 Å². The predicted octanol–water partition coefficient (Wildman–Crippen LogP) is 1.74. The fourth-order valence-electron chi connectivity index (χ4n) is 1.51. The molecule has 80 valence electrons. The number of anilines is 1. The lowest BCUT2D eigenvalue weighted by molar-refractivity contribution is 0.904. The van der Waals surface area contributed by atoms with Crippen molar-refractivity contribution in [3.63, 3.8) is 0 Å². The highest BCUT2D eigenvalue weighted by Gasteiger charge is 2.10. The van der Waals surface area contributed by atoms with E-state index in [0.29, 0.717) is 0 Å². The number of nitrogens with two attached hydrogens (primary N) is 1. The number of hydrogen-bond acceptors (Lipinski definition) is 5. The van der Waals surface area contributed by atoms with Crippen LogP contribution in [-0.4, -0.2) is 19.8 Å². The average molecular weight is 231 g/mol. The molecule has 0 aliphatic carbocycles. The summed E-state index contributed by atoms with van der Waals surface area (Å²) in [6, 6.07) is 7.60. The van der Waals surface area contributed by atoms with Gasteiger partial charge in [-0.3, -0.25) is 0 Å². The molecule has 3 heterocycles. The zero-order chi connectivity index (χ0) is 11.1. The van der Waals surface area contributed by atoms with Crippen molar-refractivity contribution >= 4 is 22.0 Å². The smallest absolute Gasteiger partial charge is 0.195 e. The van der Waals surface area contributed by atoms with E-state index in [0.717, 1.165) is 27.0 Å². The van der Waals surface area contributed by atoms with Gasteiger partial charge in [0.25, 0.3) is 0 Å². The molecule has 0 amide bonds. The molecular weight excluding hydrogens is 222 g/mol. The zero-order valence-electron chi connectivity index (χ0n) is 8.58. The quantitative estimate of drug-likeness (QED) is 0.692. The first kappa shape index (κ1) is 9.29. The summed E-state index contributed by atoms with van der Waals surface area (Å²) in [5.41, 5.74) is 7.37. The lowest BCUT2D eigenvalue weighted by Crippen LogP contribution is -1.95. The molecule has 0 bridgehead atoms. The molecular formula is C10H9N5S. The second kappa shape index (κ2) is 3.28. The minimum Gasteiger partial charge on any atom is -0.391 e. The van der Waals surface area contributed by atoms with Gasteiger partial charge in [0.15, 0.2) is 11.5 Å². The molecule has 0 unspecified atom stereocenters. The van der Waals surface area contributed by atoms with Crippen molar-refractivity contribution in [1.82, 2.24) is 19.8 Å². The molecule has 0 spiro atoms. The number of aryl methyl sites for hydroxylation is 1. The number of thiophene rings is 1. The topological polar surface area (TPSA) is 69.1 Å². The maximum absolute atomic E-state index is 5.70. The molecule has 0 radical (unpaired) electrons. The SMILES string of the molecule is Cc1ccc2nnc(-c3ccc(N)s3)n2n1. The molecule has 3 aromatic rings. The molecule has 2 N–H and O–H groups in total. The molecule has 0 fully saturated rings. The molecule has 0 atom stereocenters. The van der Waals surface area contributed by atoms with Crippen molar-refractivity contribution in [3.05, 3.63) is 30.0 Å². The first-order valence-electron chi connectivity index (χ1n) is 4.79. The molecule has 0 saturated heterocycles. The van der Waals surface area contributed by atoms with Crippen molar-refractivity contribution in [1.29, 1.82) is 0 Å². The normalized spacial score (nSPS) is 11.1. The Bertz CT molecular complexity index is 654. The Kier molecular flexibility index (Phi) is 1.90. The zero-order valence-corrected chi connectivity index (χ0v) is 9.40. The van der Waals surface area contributed by atoms with Crippen LogP contribution in [0.25, 0.3) is 16.3 Å². The van der Waals surface area contributed by atoms with Crippen LogP contribution in [-0.2, 0) is 0 Å². The van der Waals surface area contributed by atoms with E-state index in [1.807, 2.05) is 31.2 Å². The minimum absolute atomic E-state index is 0.736. The number of nitrogen functional groups attached to an aromatic ring is 1. The Hall–Kier alpha value is -1.95. The lowest BCUT2D eigenvalue weighted by Gasteiger charge is -1.96. The van der Waals surface area contributed by atoms with Crippen LogP contribution in [0, 0.1) is 6.92 Å². The van der Waals surface area contributed by atoms with Crippen molar-refractivity contribution in [2.45, 2.75) is 6.92 Å². The van der Waals surface area contributed by atoms with E-state index in [1.165, 1.54) is 11.3 Å². The number of fused-ring (bicyclic) bond motifs is 1. The van der Waals surface area contributed by atoms with Crippen LogP contribution in [0.3, 0.4) is 0 Å². The van der Waals surface area contributed by atoms with Gasteiger partial charge in [0.1, 0.15) is 0 Å². The predicted molar refractivity (Wildman–Crippen MR) is 63.2 cm³/mol. The molecule has 0 aliphatic rings. The highest BCUT2D eigenvalue weighted by molar-refractivity contribution is 7.19. The van der Waals surface area contributed by atoms with Gasteiger partial charge in [-0.25, -0.2) is 0 Å². The van der Waals surface area contributed by atoms with Gasteiger partial charge in [0.2, 0.25) is 0 Å². The largest absolute Gasteiger partial charge is 0.391 e. The van der Waals surface area contributed by atoms with E-state index in [2.05, 4.69) is 15.3 Å². The van der Waals surface area contributed by atoms with Gasteiger partial charge in [-0.2, -0.15) is 9.61 Å². The van der Waals surface area contributed by atoms with Crippen LogP contribution in [0.2, 0.25) is 0 Å². The van der Waals surface area contributed by atoms with Crippen LogP contribution >= 0.6 is 11.3 Å². The third-order valence-electron chi connectivity index (χ3n) is 2.24. The molecule has 5 nitrogen and oxygen atoms in total. The van der Waals surface area contributed by atoms with Crippen LogP contribution < -0.4 is 5.73 Å². The summed E-state index contributed by atoms with van der Waals surface area (Å²) in [6.07, 6.45) is 0. The highest BCUT2D eigenvalue weighted by atomic mass is 32.1. The maximum atomic E-state index is 5.70. The molecule has 16 heavy (non-hydrogen) atoms. The van der Waals surface area contributed by atoms with Crippen LogP contribution in [0.15, 0.2) is 24.3 Å². The number of aromatic nitrogens is 4. The van der Waals surface area contributed by atoms with Crippen LogP contribution in [0.1, 0.15) is 5.69 Å². The Labute approximate surface area is 95.5 Å². The summed E-state index contributed by atoms with van der Waals surface area (Å²) in [4.78, 5) is 0.975. The van der Waals surface area contributed by atoms with Gasteiger partial charge in [0.05, 0.1) is 15.6 Å². The molecule has 0 aromatic carbocycles. The van der Waals surface area contributed by atoms with Crippen molar-refractivity contribution in [2.75, 3.05) is 5.73 Å². The summed E-state index contributed by atoms with van der Waals surface area (Å²) in [5, 5.41) is 13.3. The van der Waals surface area contributed by atoms with Crippen molar-refractivity contribution < 1.29 is 0 Å². The first-order chi connectivity index (χ1) is 7.74. The van der Waals surface area contributed by atoms with Crippen LogP contribution in [0.5, 0.6) is 0 Å². The molecule has 3 rings (SSSR count). The van der Waals surface area contributed by atoms with E-state index < -0.39 is 0 Å². The number of nitrogens with zero attached hydrogens (tertiary/aromatic N) is 4. The summed E-state index contributed by atoms with van der Waals surface area (Å²) in [7, 11) is 0. The number of hydrogen-bond donors (Lipinski definition) is 1. The van der Waals surface area contributed by atoms with Gasteiger partial charge in [0, 0.05) is 0 Å². The summed E-state index contributed by atoms with van der Waals surface area (Å²) >= 11 is 1.48. The van der Waals surface area contributed by atoms with E-state index in [9.17, 15) is 0 Å². The summed E-state index contributed by atoms with van der Waals surface area (Å²) < 4.78 is 1.74. The standard InChI is InChI=1S/C10H9N5S/c1-6-2-5-9-12-13-10(15(9)14-6)7-3-4-8(11)16-7/h2-5H,11H2,1H3. The maximum Gasteiger partial charge on any atom is 0.195 e. The van der Waals surface area contributed by atoms with Gasteiger partial charge >= 0.3 is 0 Å². The van der Waals surface area contributed by atoms with Crippen molar-refractivity contribution in [2.24, 2.45) is 0 Å². The van der Waals surface area contributed by atoms with Gasteiger partial charge in [-0.05, 0) is 31.2 Å². The highest BCUT2D eigenvalue weighted by Crippen LogP contribution is 2.27. The fourth-order valence-corrected chi connectivity index (χ4v) is 2.25. The molecule has 0 saturated carbocycles. The van der Waals surface area contributed by atoms with E-state index >= 15 is 0 Å². The molecule has 3 aromatic heterocycles. The van der Waals surface area contributed by atoms with E-state index in [-0.39, 0.29) is 0 Å². The Balaban J connectivity index is 2.27. The minimum atomic E-state index is 0.736. The Morgan fingerprint density at radius 1 is 1.19 bits per heavy atom. The summed E-state index contributed by atoms with van der Waals surface area (Å²) in [5.74, 6) is 0.736. The third kappa shape index (κ3) is 1.35. The Morgan fingerprint density at radius 2 is 2.06 bits per heavy atom. The van der Waals surface area contributed by atoms with E-state index in [4.69, 9.17) is 5.73 Å². The average Bonchev–Trinajstić information content (AvgIpc) is 2.83. The molecule has 6 heteroatoms. The first-order valence-corrected chi connectivity index (χ1v) is 5.60. The number of rotatable bonds is 1. The third-order valence-corrected chi connectivity index (χ3v) is 3.15. The van der Waals surface area contributed by atoms with E-state index in [1.54, 1.807) is 4.52 Å². The van der Waals surface area contributed by atoms with Gasteiger partial charge < -0.3 is 5.73 Å². The fraction of sp³-hybridized carbons (Fsp3) is 0.100. The Morgan fingerprint density at radius 3 is 2.81 bits per heavy atom. The van der Waals surface area contributed by atoms with Gasteiger partial charge in [-0.15, -0.1) is 21.5 Å². The second-order valence-corrected chi connectivity index (χ2v) is 4.59. The second-order valence-electron chi connectivity index (χ2n) is 3.47. The lowest BCUT2D eigenvalue weighted by atomic mass is 10.4. The van der Waals surface area contributed by atoms with Crippen LogP contribution in [0.4, 0.5) is 5.00 Å². The summed E-state index contributed by atoms with van der Waals surface area (Å²) in [6.45, 7) is 1.94. The molecule has 0 aliphatic heterocycles. The monoisotopic (exact) mass is 231 g/mol.